The zero-order chi connectivity index (χ0) is 16.9. The van der Waals surface area contributed by atoms with Crippen LogP contribution in [0.3, 0.4) is 0 Å². The first-order valence-electron chi connectivity index (χ1n) is 9.74. The lowest BCUT2D eigenvalue weighted by Gasteiger charge is -2.41. The van der Waals surface area contributed by atoms with Gasteiger partial charge >= 0.3 is 5.97 Å². The molecule has 4 heteroatoms. The van der Waals surface area contributed by atoms with Crippen molar-refractivity contribution in [1.29, 1.82) is 0 Å². The van der Waals surface area contributed by atoms with Crippen molar-refractivity contribution in [2.75, 3.05) is 19.8 Å². The Hall–Kier alpha value is -0.610. The lowest BCUT2D eigenvalue weighted by Crippen LogP contribution is -2.50. The zero-order valence-electron chi connectivity index (χ0n) is 15.3. The van der Waals surface area contributed by atoms with E-state index in [1.807, 2.05) is 0 Å². The minimum atomic E-state index is -0.694. The van der Waals surface area contributed by atoms with Crippen molar-refractivity contribution in [2.24, 2.45) is 0 Å². The number of aliphatic carboxylic acids is 1. The number of carbonyl (C=O) groups is 1. The molecule has 1 unspecified atom stereocenters. The van der Waals surface area contributed by atoms with Crippen molar-refractivity contribution in [3.63, 3.8) is 0 Å². The van der Waals surface area contributed by atoms with Gasteiger partial charge in [-0.2, -0.15) is 0 Å². The summed E-state index contributed by atoms with van der Waals surface area (Å²) in [5, 5.41) is 8.97. The molecule has 2 atom stereocenters. The molecule has 0 radical (unpaired) electrons. The fourth-order valence-electron chi connectivity index (χ4n) is 3.59. The van der Waals surface area contributed by atoms with Gasteiger partial charge in [0.15, 0.2) is 0 Å². The van der Waals surface area contributed by atoms with E-state index in [4.69, 9.17) is 9.84 Å². The molecule has 0 amide bonds. The Balaban J connectivity index is 2.51. The highest BCUT2D eigenvalue weighted by molar-refractivity contribution is 5.66. The SMILES string of the molecule is CCCCCCCC(CCCC)N1CCOC[C@@H]1CCC(=O)O. The molecule has 1 N–H and O–H groups in total. The number of unbranched alkanes of at least 4 members (excludes halogenated alkanes) is 5. The molecule has 1 aliphatic rings. The van der Waals surface area contributed by atoms with Crippen LogP contribution in [0.5, 0.6) is 0 Å². The maximum absolute atomic E-state index is 10.9. The summed E-state index contributed by atoms with van der Waals surface area (Å²) in [4.78, 5) is 13.5. The third-order valence-corrected chi connectivity index (χ3v) is 4.97. The van der Waals surface area contributed by atoms with Gasteiger partial charge in [0, 0.05) is 25.0 Å². The molecule has 0 aromatic heterocycles. The lowest BCUT2D eigenvalue weighted by molar-refractivity contribution is -0.138. The van der Waals surface area contributed by atoms with Crippen molar-refractivity contribution in [3.05, 3.63) is 0 Å². The summed E-state index contributed by atoms with van der Waals surface area (Å²) < 4.78 is 5.62. The van der Waals surface area contributed by atoms with Gasteiger partial charge in [0.05, 0.1) is 13.2 Å². The molecule has 0 aromatic rings. The van der Waals surface area contributed by atoms with Crippen LogP contribution in [-0.4, -0.2) is 47.8 Å². The normalized spacial score (nSPS) is 20.5. The van der Waals surface area contributed by atoms with Crippen LogP contribution in [0.2, 0.25) is 0 Å². The third kappa shape index (κ3) is 8.71. The van der Waals surface area contributed by atoms with Gasteiger partial charge in [-0.05, 0) is 19.3 Å². The number of carboxylic acid groups (broad SMARTS) is 1. The number of carboxylic acids is 1. The molecule has 1 heterocycles. The third-order valence-electron chi connectivity index (χ3n) is 4.97. The quantitative estimate of drug-likeness (QED) is 0.507. The van der Waals surface area contributed by atoms with E-state index in [2.05, 4.69) is 18.7 Å². The molecule has 136 valence electrons. The van der Waals surface area contributed by atoms with Crippen LogP contribution in [0.25, 0.3) is 0 Å². The second-order valence-electron chi connectivity index (χ2n) is 6.90. The summed E-state index contributed by atoms with van der Waals surface area (Å²) in [7, 11) is 0. The van der Waals surface area contributed by atoms with Crippen LogP contribution in [0.4, 0.5) is 0 Å². The Morgan fingerprint density at radius 1 is 1.13 bits per heavy atom. The van der Waals surface area contributed by atoms with Crippen LogP contribution >= 0.6 is 0 Å². The Morgan fingerprint density at radius 2 is 1.83 bits per heavy atom. The molecule has 1 fully saturated rings. The molecule has 1 rings (SSSR count). The predicted octanol–water partition coefficient (Wildman–Crippen LogP) is 4.47. The molecule has 23 heavy (non-hydrogen) atoms. The second-order valence-corrected chi connectivity index (χ2v) is 6.90. The van der Waals surface area contributed by atoms with E-state index in [1.165, 1.54) is 57.8 Å². The number of rotatable bonds is 13. The highest BCUT2D eigenvalue weighted by Crippen LogP contribution is 2.23. The summed E-state index contributed by atoms with van der Waals surface area (Å²) in [6, 6.07) is 0.900. The molecule has 0 bridgehead atoms. The average Bonchev–Trinajstić information content (AvgIpc) is 2.56. The van der Waals surface area contributed by atoms with Crippen LogP contribution < -0.4 is 0 Å². The summed E-state index contributed by atoms with van der Waals surface area (Å²) in [5.41, 5.74) is 0. The van der Waals surface area contributed by atoms with Crippen LogP contribution in [0.15, 0.2) is 0 Å². The average molecular weight is 328 g/mol. The Labute approximate surface area is 142 Å². The largest absolute Gasteiger partial charge is 0.481 e. The molecule has 4 nitrogen and oxygen atoms in total. The van der Waals surface area contributed by atoms with Gasteiger partial charge in [-0.3, -0.25) is 9.69 Å². The van der Waals surface area contributed by atoms with E-state index >= 15 is 0 Å². The maximum Gasteiger partial charge on any atom is 0.303 e. The van der Waals surface area contributed by atoms with Crippen molar-refractivity contribution < 1.29 is 14.6 Å². The van der Waals surface area contributed by atoms with Crippen molar-refractivity contribution in [3.8, 4) is 0 Å². The number of hydrogen-bond donors (Lipinski definition) is 1. The topological polar surface area (TPSA) is 49.8 Å². The predicted molar refractivity (Wildman–Crippen MR) is 94.9 cm³/mol. The van der Waals surface area contributed by atoms with Crippen LogP contribution in [0.1, 0.15) is 84.5 Å². The van der Waals surface area contributed by atoms with Gasteiger partial charge in [-0.25, -0.2) is 0 Å². The monoisotopic (exact) mass is 327 g/mol. The first-order chi connectivity index (χ1) is 11.2. The van der Waals surface area contributed by atoms with Gasteiger partial charge in [-0.15, -0.1) is 0 Å². The molecule has 1 aliphatic heterocycles. The molecule has 0 aliphatic carbocycles. The number of nitrogens with zero attached hydrogens (tertiary/aromatic N) is 1. The first kappa shape index (κ1) is 20.4. The fraction of sp³-hybridized carbons (Fsp3) is 0.947. The van der Waals surface area contributed by atoms with Gasteiger partial charge < -0.3 is 9.84 Å². The van der Waals surface area contributed by atoms with E-state index in [9.17, 15) is 4.79 Å². The Morgan fingerprint density at radius 3 is 2.52 bits per heavy atom. The summed E-state index contributed by atoms with van der Waals surface area (Å²) in [5.74, 6) is -0.694. The molecule has 1 saturated heterocycles. The zero-order valence-corrected chi connectivity index (χ0v) is 15.3. The van der Waals surface area contributed by atoms with E-state index in [-0.39, 0.29) is 12.5 Å². The highest BCUT2D eigenvalue weighted by atomic mass is 16.5. The molecule has 0 saturated carbocycles. The van der Waals surface area contributed by atoms with Gasteiger partial charge in [-0.1, -0.05) is 58.8 Å². The first-order valence-corrected chi connectivity index (χ1v) is 9.74. The second kappa shape index (κ2) is 12.8. The fourth-order valence-corrected chi connectivity index (χ4v) is 3.59. The summed E-state index contributed by atoms with van der Waals surface area (Å²) in [6.45, 7) is 6.96. The van der Waals surface area contributed by atoms with E-state index < -0.39 is 5.97 Å². The van der Waals surface area contributed by atoms with Crippen molar-refractivity contribution in [1.82, 2.24) is 4.90 Å². The van der Waals surface area contributed by atoms with Crippen molar-refractivity contribution >= 4 is 5.97 Å². The smallest absolute Gasteiger partial charge is 0.303 e. The molecular formula is C19H37NO3. The van der Waals surface area contributed by atoms with E-state index in [0.29, 0.717) is 19.1 Å². The molecule has 0 spiro atoms. The minimum absolute atomic E-state index is 0.252. The Bertz CT molecular complexity index is 309. The lowest BCUT2D eigenvalue weighted by atomic mass is 9.97. The van der Waals surface area contributed by atoms with Gasteiger partial charge in [0.25, 0.3) is 0 Å². The van der Waals surface area contributed by atoms with Gasteiger partial charge in [0.1, 0.15) is 0 Å². The minimum Gasteiger partial charge on any atom is -0.481 e. The van der Waals surface area contributed by atoms with E-state index in [1.54, 1.807) is 0 Å². The van der Waals surface area contributed by atoms with Crippen molar-refractivity contribution in [2.45, 2.75) is 96.6 Å². The maximum atomic E-state index is 10.9. The number of hydrogen-bond acceptors (Lipinski definition) is 3. The molecular weight excluding hydrogens is 290 g/mol. The number of ether oxygens (including phenoxy) is 1. The summed E-state index contributed by atoms with van der Waals surface area (Å²) in [6.07, 6.45) is 12.6. The summed E-state index contributed by atoms with van der Waals surface area (Å²) >= 11 is 0. The highest BCUT2D eigenvalue weighted by Gasteiger charge is 2.29. The van der Waals surface area contributed by atoms with Crippen LogP contribution in [-0.2, 0) is 9.53 Å². The van der Waals surface area contributed by atoms with Gasteiger partial charge in [0.2, 0.25) is 0 Å². The van der Waals surface area contributed by atoms with E-state index in [0.717, 1.165) is 13.2 Å². The standard InChI is InChI=1S/C19H37NO3/c1-3-5-7-8-9-11-17(10-6-4-2)20-14-15-23-16-18(20)12-13-19(21)22/h17-18H,3-16H2,1-2H3,(H,21,22)/t17?,18-/m0/s1. The number of morpholine rings is 1. The van der Waals surface area contributed by atoms with Crippen LogP contribution in [0, 0.1) is 0 Å². The Kier molecular flexibility index (Phi) is 11.3. The molecule has 0 aromatic carbocycles.